The average molecular weight is 391 g/mol. The minimum absolute atomic E-state index is 0.0396. The molecule has 0 bridgehead atoms. The van der Waals surface area contributed by atoms with Crippen LogP contribution in [0.15, 0.2) is 36.0 Å². The van der Waals surface area contributed by atoms with Gasteiger partial charge in [0.1, 0.15) is 6.10 Å². The molecule has 28 heavy (non-hydrogen) atoms. The second kappa shape index (κ2) is 7.12. The molecule has 3 rings (SSSR count). The second-order valence-electron chi connectivity index (χ2n) is 9.91. The molecular formula is C23H34O5. The third-order valence-corrected chi connectivity index (χ3v) is 7.52. The first kappa shape index (κ1) is 21.3. The van der Waals surface area contributed by atoms with Gasteiger partial charge in [-0.3, -0.25) is 0 Å². The van der Waals surface area contributed by atoms with Crippen molar-refractivity contribution < 1.29 is 24.9 Å². The van der Waals surface area contributed by atoms with Crippen LogP contribution in [0.5, 0.6) is 0 Å². The van der Waals surface area contributed by atoms with E-state index in [9.17, 15) is 20.1 Å². The van der Waals surface area contributed by atoms with Crippen LogP contribution in [-0.2, 0) is 9.53 Å². The fraction of sp³-hybridized carbons (Fsp3) is 0.696. The van der Waals surface area contributed by atoms with Gasteiger partial charge in [0.2, 0.25) is 0 Å². The predicted molar refractivity (Wildman–Crippen MR) is 107 cm³/mol. The summed E-state index contributed by atoms with van der Waals surface area (Å²) < 4.78 is 5.28. The molecule has 0 saturated heterocycles. The summed E-state index contributed by atoms with van der Waals surface area (Å²) in [5, 5.41) is 30.8. The molecule has 0 radical (unpaired) electrons. The molecular weight excluding hydrogens is 356 g/mol. The van der Waals surface area contributed by atoms with E-state index in [1.807, 2.05) is 13.0 Å². The molecule has 5 nitrogen and oxygen atoms in total. The Morgan fingerprint density at radius 1 is 1.36 bits per heavy atom. The van der Waals surface area contributed by atoms with E-state index in [4.69, 9.17) is 4.74 Å². The summed E-state index contributed by atoms with van der Waals surface area (Å²) in [7, 11) is 0. The molecule has 2 saturated carbocycles. The van der Waals surface area contributed by atoms with Gasteiger partial charge in [0.25, 0.3) is 0 Å². The van der Waals surface area contributed by atoms with Gasteiger partial charge in [-0.2, -0.15) is 0 Å². The van der Waals surface area contributed by atoms with Gasteiger partial charge in [0.15, 0.2) is 0 Å². The van der Waals surface area contributed by atoms with Crippen molar-refractivity contribution >= 4 is 5.97 Å². The van der Waals surface area contributed by atoms with Crippen LogP contribution in [0.1, 0.15) is 53.4 Å². The Hall–Kier alpha value is -1.43. The minimum atomic E-state index is -1.13. The molecule has 0 aromatic rings. The van der Waals surface area contributed by atoms with Crippen molar-refractivity contribution in [3.63, 3.8) is 0 Å². The number of aliphatic hydroxyl groups excluding tert-OH is 2. The van der Waals surface area contributed by atoms with E-state index >= 15 is 0 Å². The number of rotatable bonds is 4. The molecule has 0 amide bonds. The third kappa shape index (κ3) is 3.38. The van der Waals surface area contributed by atoms with E-state index in [-0.39, 0.29) is 23.9 Å². The highest BCUT2D eigenvalue weighted by atomic mass is 16.6. The van der Waals surface area contributed by atoms with Gasteiger partial charge < -0.3 is 20.1 Å². The third-order valence-electron chi connectivity index (χ3n) is 7.52. The molecule has 6 atom stereocenters. The first-order valence-corrected chi connectivity index (χ1v) is 10.2. The van der Waals surface area contributed by atoms with Gasteiger partial charge in [-0.15, -0.1) is 0 Å². The van der Waals surface area contributed by atoms with Crippen LogP contribution in [-0.4, -0.2) is 45.7 Å². The van der Waals surface area contributed by atoms with Crippen molar-refractivity contribution in [3.05, 3.63) is 36.0 Å². The molecule has 2 aliphatic carbocycles. The van der Waals surface area contributed by atoms with Gasteiger partial charge in [-0.25, -0.2) is 4.79 Å². The highest BCUT2D eigenvalue weighted by Gasteiger charge is 2.57. The number of fused-ring (bicyclic) bond motifs is 1. The van der Waals surface area contributed by atoms with E-state index in [0.29, 0.717) is 12.0 Å². The number of aliphatic hydroxyl groups is 3. The van der Waals surface area contributed by atoms with Gasteiger partial charge in [0.05, 0.1) is 23.9 Å². The van der Waals surface area contributed by atoms with E-state index in [1.54, 1.807) is 26.0 Å². The van der Waals surface area contributed by atoms with Gasteiger partial charge in [-0.1, -0.05) is 38.2 Å². The molecule has 5 heteroatoms. The van der Waals surface area contributed by atoms with Crippen molar-refractivity contribution in [1.82, 2.24) is 0 Å². The molecule has 0 spiro atoms. The lowest BCUT2D eigenvalue weighted by molar-refractivity contribution is -0.147. The van der Waals surface area contributed by atoms with E-state index < -0.39 is 29.2 Å². The highest BCUT2D eigenvalue weighted by Crippen LogP contribution is 2.61. The van der Waals surface area contributed by atoms with Crippen molar-refractivity contribution in [2.45, 2.75) is 71.2 Å². The molecule has 2 fully saturated rings. The van der Waals surface area contributed by atoms with Gasteiger partial charge >= 0.3 is 5.97 Å². The Morgan fingerprint density at radius 3 is 2.61 bits per heavy atom. The lowest BCUT2D eigenvalue weighted by Crippen LogP contribution is -2.57. The Kier molecular flexibility index (Phi) is 5.41. The number of hydrogen-bond donors (Lipinski definition) is 3. The summed E-state index contributed by atoms with van der Waals surface area (Å²) in [6.45, 7) is 11.7. The molecule has 156 valence electrons. The second-order valence-corrected chi connectivity index (χ2v) is 9.91. The van der Waals surface area contributed by atoms with Crippen molar-refractivity contribution in [2.75, 3.05) is 6.61 Å². The number of ether oxygens (including phenoxy) is 1. The fourth-order valence-electron chi connectivity index (χ4n) is 5.61. The number of hydrogen-bond acceptors (Lipinski definition) is 5. The highest BCUT2D eigenvalue weighted by molar-refractivity contribution is 5.94. The molecule has 0 aromatic carbocycles. The van der Waals surface area contributed by atoms with E-state index in [2.05, 4.69) is 13.5 Å². The summed E-state index contributed by atoms with van der Waals surface area (Å²) in [6.07, 6.45) is 7.57. The Bertz CT molecular complexity index is 715. The molecule has 0 aromatic heterocycles. The fourth-order valence-corrected chi connectivity index (χ4v) is 5.61. The van der Waals surface area contributed by atoms with Crippen LogP contribution >= 0.6 is 0 Å². The van der Waals surface area contributed by atoms with E-state index in [1.165, 1.54) is 0 Å². The minimum Gasteiger partial charge on any atom is -0.451 e. The van der Waals surface area contributed by atoms with Crippen LogP contribution in [0.25, 0.3) is 0 Å². The first-order valence-electron chi connectivity index (χ1n) is 10.2. The largest absolute Gasteiger partial charge is 0.451 e. The van der Waals surface area contributed by atoms with Crippen LogP contribution < -0.4 is 0 Å². The van der Waals surface area contributed by atoms with Crippen LogP contribution in [0.4, 0.5) is 0 Å². The monoisotopic (exact) mass is 390 g/mol. The summed E-state index contributed by atoms with van der Waals surface area (Å²) in [4.78, 5) is 12.2. The average Bonchev–Trinajstić information content (AvgIpc) is 2.99. The Balaban J connectivity index is 1.90. The Morgan fingerprint density at radius 2 is 2.04 bits per heavy atom. The topological polar surface area (TPSA) is 87.0 Å². The molecule has 3 N–H and O–H groups in total. The lowest BCUT2D eigenvalue weighted by atomic mass is 9.46. The summed E-state index contributed by atoms with van der Waals surface area (Å²) >= 11 is 0. The zero-order valence-electron chi connectivity index (χ0n) is 17.4. The summed E-state index contributed by atoms with van der Waals surface area (Å²) in [5.74, 6) is -0.201. The molecule has 2 unspecified atom stereocenters. The smallest absolute Gasteiger partial charge is 0.338 e. The zero-order valence-corrected chi connectivity index (χ0v) is 17.4. The van der Waals surface area contributed by atoms with Gasteiger partial charge in [0, 0.05) is 11.3 Å². The standard InChI is InChI=1S/C23H34O5/c1-14-6-9-17-22(4,11-10-18(25)23(17,5)13-24)16(14)8-7-15-12-19(21(2,3)27)28-20(15)26/h7-8,12,16-19,24-25,27H,1,6,9-11,13H2,2-5H3/b8-7+/t16-,17?,18-,19?,22+,23+/m1/s1. The maximum absolute atomic E-state index is 12.2. The SMILES string of the molecule is C=C1CCC2[C@](C)(CO)[C@H](O)CC[C@@]2(C)[C@@H]1/C=C/C1=CC(C(C)(C)O)OC1=O. The van der Waals surface area contributed by atoms with Crippen LogP contribution in [0.2, 0.25) is 0 Å². The first-order chi connectivity index (χ1) is 12.9. The normalized spacial score (nSPS) is 41.8. The van der Waals surface area contributed by atoms with Crippen molar-refractivity contribution in [2.24, 2.45) is 22.7 Å². The maximum Gasteiger partial charge on any atom is 0.338 e. The number of carbonyl (C=O) groups is 1. The summed E-state index contributed by atoms with van der Waals surface area (Å²) in [5.41, 5.74) is -0.221. The zero-order chi connectivity index (χ0) is 20.9. The maximum atomic E-state index is 12.2. The Labute approximate surface area is 167 Å². The number of allylic oxidation sites excluding steroid dienone is 2. The van der Waals surface area contributed by atoms with Crippen LogP contribution in [0.3, 0.4) is 0 Å². The predicted octanol–water partition coefficient (Wildman–Crippen LogP) is 2.91. The molecule has 1 aliphatic heterocycles. The van der Waals surface area contributed by atoms with Crippen molar-refractivity contribution in [1.29, 1.82) is 0 Å². The number of cyclic esters (lactones) is 1. The summed E-state index contributed by atoms with van der Waals surface area (Å²) in [6, 6.07) is 0. The number of carbonyl (C=O) groups excluding carboxylic acids is 1. The van der Waals surface area contributed by atoms with Crippen LogP contribution in [0, 0.1) is 22.7 Å². The number of esters is 1. The molecule has 3 aliphatic rings. The molecule has 1 heterocycles. The lowest BCUT2D eigenvalue weighted by Gasteiger charge is -2.59. The van der Waals surface area contributed by atoms with Crippen molar-refractivity contribution in [3.8, 4) is 0 Å². The quantitative estimate of drug-likeness (QED) is 0.508. The van der Waals surface area contributed by atoms with Gasteiger partial charge in [-0.05, 0) is 56.9 Å². The van der Waals surface area contributed by atoms with E-state index in [0.717, 1.165) is 24.8 Å².